The maximum absolute atomic E-state index is 5.72. The van der Waals surface area contributed by atoms with Gasteiger partial charge in [-0.15, -0.1) is 0 Å². The van der Waals surface area contributed by atoms with Gasteiger partial charge in [0.15, 0.2) is 0 Å². The minimum Gasteiger partial charge on any atom is -0.497 e. The first-order valence-corrected chi connectivity index (χ1v) is 6.59. The van der Waals surface area contributed by atoms with Gasteiger partial charge in [-0.2, -0.15) is 0 Å². The van der Waals surface area contributed by atoms with E-state index in [4.69, 9.17) is 21.7 Å². The van der Waals surface area contributed by atoms with Crippen LogP contribution >= 0.6 is 12.2 Å². The minimum absolute atomic E-state index is 0.220. The molecule has 2 rings (SSSR count). The predicted octanol–water partition coefficient (Wildman–Crippen LogP) is 2.48. The van der Waals surface area contributed by atoms with E-state index in [2.05, 4.69) is 18.7 Å². The first-order chi connectivity index (χ1) is 8.60. The summed E-state index contributed by atoms with van der Waals surface area (Å²) in [5, 5.41) is 0. The number of rotatable bonds is 2. The van der Waals surface area contributed by atoms with Crippen molar-refractivity contribution in [2.24, 2.45) is 0 Å². The summed E-state index contributed by atoms with van der Waals surface area (Å²) in [6.07, 6.45) is 0.439. The molecule has 1 saturated heterocycles. The van der Waals surface area contributed by atoms with E-state index in [1.807, 2.05) is 24.3 Å². The molecule has 0 bridgehead atoms. The van der Waals surface area contributed by atoms with E-state index in [9.17, 15) is 0 Å². The molecule has 0 radical (unpaired) electrons. The Bertz CT molecular complexity index is 426. The number of ether oxygens (including phenoxy) is 2. The molecule has 1 heterocycles. The average Bonchev–Trinajstić information content (AvgIpc) is 2.37. The molecule has 98 valence electrons. The third-order valence-electron chi connectivity index (χ3n) is 3.02. The van der Waals surface area contributed by atoms with Gasteiger partial charge in [-0.3, -0.25) is 0 Å². The van der Waals surface area contributed by atoms with Crippen LogP contribution in [0.25, 0.3) is 0 Å². The topological polar surface area (TPSA) is 21.7 Å². The van der Waals surface area contributed by atoms with Gasteiger partial charge in [-0.25, -0.2) is 0 Å². The average molecular weight is 265 g/mol. The molecule has 2 unspecified atom stereocenters. The van der Waals surface area contributed by atoms with Crippen LogP contribution in [-0.2, 0) is 4.74 Å². The molecular weight excluding hydrogens is 246 g/mol. The fourth-order valence-electron chi connectivity index (χ4n) is 2.28. The molecule has 1 aromatic rings. The van der Waals surface area contributed by atoms with Gasteiger partial charge in [0.05, 0.1) is 19.3 Å². The zero-order valence-electron chi connectivity index (χ0n) is 11.1. The van der Waals surface area contributed by atoms with Crippen molar-refractivity contribution < 1.29 is 9.47 Å². The van der Waals surface area contributed by atoms with E-state index in [1.54, 1.807) is 7.11 Å². The standard InChI is InChI=1S/C14H19NO2S/c1-10-8-15(9-11(2)17-10)14(18)12-5-4-6-13(7-12)16-3/h4-7,10-11H,8-9H2,1-3H3. The van der Waals surface area contributed by atoms with E-state index in [1.165, 1.54) is 0 Å². The second kappa shape index (κ2) is 5.67. The number of methoxy groups -OCH3 is 1. The molecule has 1 fully saturated rings. The second-order valence-electron chi connectivity index (χ2n) is 4.70. The van der Waals surface area contributed by atoms with Crippen molar-refractivity contribution in [2.45, 2.75) is 26.1 Å². The van der Waals surface area contributed by atoms with E-state index in [0.29, 0.717) is 0 Å². The van der Waals surface area contributed by atoms with Crippen LogP contribution in [0, 0.1) is 0 Å². The van der Waals surface area contributed by atoms with Crippen LogP contribution in [0.5, 0.6) is 5.75 Å². The lowest BCUT2D eigenvalue weighted by Crippen LogP contribution is -2.47. The molecule has 0 N–H and O–H groups in total. The van der Waals surface area contributed by atoms with Gasteiger partial charge >= 0.3 is 0 Å². The zero-order chi connectivity index (χ0) is 13.1. The highest BCUT2D eigenvalue weighted by molar-refractivity contribution is 7.80. The molecule has 0 spiro atoms. The van der Waals surface area contributed by atoms with Crippen molar-refractivity contribution in [2.75, 3.05) is 20.2 Å². The summed E-state index contributed by atoms with van der Waals surface area (Å²) < 4.78 is 11.0. The lowest BCUT2D eigenvalue weighted by molar-refractivity contribution is -0.0472. The Kier molecular flexibility index (Phi) is 4.19. The third-order valence-corrected chi connectivity index (χ3v) is 3.52. The maximum atomic E-state index is 5.72. The van der Waals surface area contributed by atoms with Crippen LogP contribution in [-0.4, -0.2) is 42.3 Å². The highest BCUT2D eigenvalue weighted by Crippen LogP contribution is 2.18. The molecule has 1 aliphatic rings. The van der Waals surface area contributed by atoms with E-state index < -0.39 is 0 Å². The molecule has 3 nitrogen and oxygen atoms in total. The Labute approximate surface area is 114 Å². The molecular formula is C14H19NO2S. The highest BCUT2D eigenvalue weighted by Gasteiger charge is 2.24. The van der Waals surface area contributed by atoms with Crippen LogP contribution < -0.4 is 4.74 Å². The van der Waals surface area contributed by atoms with Crippen molar-refractivity contribution in [1.82, 2.24) is 4.90 Å². The van der Waals surface area contributed by atoms with Crippen LogP contribution in [0.4, 0.5) is 0 Å². The van der Waals surface area contributed by atoms with Gasteiger partial charge < -0.3 is 14.4 Å². The highest BCUT2D eigenvalue weighted by atomic mass is 32.1. The Morgan fingerprint density at radius 2 is 2.00 bits per heavy atom. The Balaban J connectivity index is 2.14. The molecule has 2 atom stereocenters. The second-order valence-corrected chi connectivity index (χ2v) is 5.09. The lowest BCUT2D eigenvalue weighted by Gasteiger charge is -2.37. The van der Waals surface area contributed by atoms with Crippen molar-refractivity contribution >= 4 is 17.2 Å². The molecule has 0 aliphatic carbocycles. The summed E-state index contributed by atoms with van der Waals surface area (Å²) in [5.41, 5.74) is 1.03. The van der Waals surface area contributed by atoms with E-state index in [-0.39, 0.29) is 12.2 Å². The van der Waals surface area contributed by atoms with Gasteiger partial charge in [-0.1, -0.05) is 24.4 Å². The van der Waals surface area contributed by atoms with Crippen molar-refractivity contribution in [3.05, 3.63) is 29.8 Å². The van der Waals surface area contributed by atoms with Crippen molar-refractivity contribution in [3.63, 3.8) is 0 Å². The van der Waals surface area contributed by atoms with Crippen molar-refractivity contribution in [3.8, 4) is 5.75 Å². The largest absolute Gasteiger partial charge is 0.497 e. The fourth-order valence-corrected chi connectivity index (χ4v) is 2.56. The van der Waals surface area contributed by atoms with Gasteiger partial charge in [-0.05, 0) is 26.0 Å². The lowest BCUT2D eigenvalue weighted by atomic mass is 10.1. The van der Waals surface area contributed by atoms with Crippen LogP contribution in [0.15, 0.2) is 24.3 Å². The normalized spacial score (nSPS) is 23.8. The fraction of sp³-hybridized carbons (Fsp3) is 0.500. The van der Waals surface area contributed by atoms with Gasteiger partial charge in [0.2, 0.25) is 0 Å². The number of hydrogen-bond donors (Lipinski definition) is 0. The third kappa shape index (κ3) is 3.00. The smallest absolute Gasteiger partial charge is 0.119 e. The first-order valence-electron chi connectivity index (χ1n) is 6.19. The van der Waals surface area contributed by atoms with Crippen LogP contribution in [0.1, 0.15) is 19.4 Å². The molecule has 0 saturated carbocycles. The maximum Gasteiger partial charge on any atom is 0.119 e. The van der Waals surface area contributed by atoms with Gasteiger partial charge in [0.25, 0.3) is 0 Å². The zero-order valence-corrected chi connectivity index (χ0v) is 11.9. The quantitative estimate of drug-likeness (QED) is 0.766. The molecule has 0 amide bonds. The van der Waals surface area contributed by atoms with E-state index in [0.717, 1.165) is 29.4 Å². The monoisotopic (exact) mass is 265 g/mol. The van der Waals surface area contributed by atoms with Crippen molar-refractivity contribution in [1.29, 1.82) is 0 Å². The number of benzene rings is 1. The number of hydrogen-bond acceptors (Lipinski definition) is 3. The molecule has 18 heavy (non-hydrogen) atoms. The summed E-state index contributed by atoms with van der Waals surface area (Å²) in [4.78, 5) is 3.08. The number of nitrogens with zero attached hydrogens (tertiary/aromatic N) is 1. The van der Waals surface area contributed by atoms with Crippen LogP contribution in [0.3, 0.4) is 0 Å². The van der Waals surface area contributed by atoms with Crippen LogP contribution in [0.2, 0.25) is 0 Å². The molecule has 1 aromatic carbocycles. The SMILES string of the molecule is COc1cccc(C(=S)N2CC(C)OC(C)C2)c1. The van der Waals surface area contributed by atoms with E-state index >= 15 is 0 Å². The Hall–Kier alpha value is -1.13. The molecule has 1 aliphatic heterocycles. The summed E-state index contributed by atoms with van der Waals surface area (Å²) >= 11 is 5.57. The Morgan fingerprint density at radius 3 is 2.61 bits per heavy atom. The summed E-state index contributed by atoms with van der Waals surface area (Å²) in [7, 11) is 1.67. The predicted molar refractivity (Wildman–Crippen MR) is 76.3 cm³/mol. The number of thiocarbonyl (C=S) groups is 1. The summed E-state index contributed by atoms with van der Waals surface area (Å²) in [6.45, 7) is 5.86. The molecule has 4 heteroatoms. The first kappa shape index (κ1) is 13.3. The summed E-state index contributed by atoms with van der Waals surface area (Å²) in [5.74, 6) is 0.837. The van der Waals surface area contributed by atoms with Gasteiger partial charge in [0.1, 0.15) is 10.7 Å². The minimum atomic E-state index is 0.220. The molecule has 0 aromatic heterocycles. The Morgan fingerprint density at radius 1 is 1.33 bits per heavy atom. The van der Waals surface area contributed by atoms with Gasteiger partial charge in [0, 0.05) is 18.7 Å². The summed E-state index contributed by atoms with van der Waals surface area (Å²) in [6, 6.07) is 7.90. The number of morpholine rings is 1.